The van der Waals surface area contributed by atoms with Gasteiger partial charge in [-0.05, 0) is 48.9 Å². The maximum Gasteiger partial charge on any atom is 0.269 e. The van der Waals surface area contributed by atoms with Gasteiger partial charge in [0, 0.05) is 29.2 Å². The van der Waals surface area contributed by atoms with E-state index in [1.165, 1.54) is 12.1 Å². The van der Waals surface area contributed by atoms with Crippen molar-refractivity contribution in [3.05, 3.63) is 94.5 Å². The highest BCUT2D eigenvalue weighted by Gasteiger charge is 2.16. The fourth-order valence-corrected chi connectivity index (χ4v) is 2.61. The maximum absolute atomic E-state index is 12.4. The van der Waals surface area contributed by atoms with Crippen LogP contribution in [0, 0.1) is 10.1 Å². The summed E-state index contributed by atoms with van der Waals surface area (Å²) in [5.74, 6) is -0.597. The van der Waals surface area contributed by atoms with Crippen molar-refractivity contribution in [2.24, 2.45) is 0 Å². The Morgan fingerprint density at radius 1 is 0.852 bits per heavy atom. The van der Waals surface area contributed by atoms with Crippen LogP contribution in [0.25, 0.3) is 0 Å². The molecule has 0 spiro atoms. The number of nitrogens with one attached hydrogen (secondary N) is 2. The van der Waals surface area contributed by atoms with Crippen LogP contribution in [0.2, 0.25) is 0 Å². The van der Waals surface area contributed by atoms with E-state index in [0.29, 0.717) is 5.69 Å². The second-order valence-electron chi connectivity index (χ2n) is 6.13. The standard InChI is InChI=1S/C21H19N3O3/c1-15(16-7-13-20(14-8-16)24(26)27)21(25)23-19-11-9-18(10-12-19)22-17-5-3-2-4-6-17/h2-15,22H,1H3,(H,23,25)/t15-/m1/s1. The first kappa shape index (κ1) is 18.1. The molecule has 0 aliphatic rings. The van der Waals surface area contributed by atoms with Crippen molar-refractivity contribution in [2.45, 2.75) is 12.8 Å². The number of hydrogen-bond acceptors (Lipinski definition) is 4. The average molecular weight is 361 g/mol. The van der Waals surface area contributed by atoms with Crippen LogP contribution in [0.15, 0.2) is 78.9 Å². The first-order chi connectivity index (χ1) is 13.0. The Balaban J connectivity index is 1.62. The van der Waals surface area contributed by atoms with Crippen LogP contribution in [0.1, 0.15) is 18.4 Å². The number of non-ortho nitro benzene ring substituents is 1. The lowest BCUT2D eigenvalue weighted by molar-refractivity contribution is -0.384. The van der Waals surface area contributed by atoms with Gasteiger partial charge in [0.2, 0.25) is 5.91 Å². The zero-order chi connectivity index (χ0) is 19.2. The number of nitrogens with zero attached hydrogens (tertiary/aromatic N) is 1. The Hall–Kier alpha value is -3.67. The number of amides is 1. The molecule has 0 aliphatic heterocycles. The summed E-state index contributed by atoms with van der Waals surface area (Å²) in [7, 11) is 0. The zero-order valence-corrected chi connectivity index (χ0v) is 14.8. The molecule has 0 saturated heterocycles. The molecule has 3 aromatic rings. The summed E-state index contributed by atoms with van der Waals surface area (Å²) in [6.07, 6.45) is 0. The normalized spacial score (nSPS) is 11.4. The quantitative estimate of drug-likeness (QED) is 0.474. The molecule has 0 saturated carbocycles. The first-order valence-corrected chi connectivity index (χ1v) is 8.50. The smallest absolute Gasteiger partial charge is 0.269 e. The van der Waals surface area contributed by atoms with E-state index in [9.17, 15) is 14.9 Å². The molecule has 0 fully saturated rings. The third kappa shape index (κ3) is 4.70. The van der Waals surface area contributed by atoms with Gasteiger partial charge in [-0.25, -0.2) is 0 Å². The van der Waals surface area contributed by atoms with Gasteiger partial charge < -0.3 is 10.6 Å². The monoisotopic (exact) mass is 361 g/mol. The van der Waals surface area contributed by atoms with Crippen molar-refractivity contribution < 1.29 is 9.72 Å². The van der Waals surface area contributed by atoms with Crippen LogP contribution >= 0.6 is 0 Å². The Kier molecular flexibility index (Phi) is 5.47. The molecule has 1 amide bonds. The van der Waals surface area contributed by atoms with E-state index in [1.807, 2.05) is 54.6 Å². The zero-order valence-electron chi connectivity index (χ0n) is 14.8. The first-order valence-electron chi connectivity index (χ1n) is 8.50. The molecule has 3 rings (SSSR count). The highest BCUT2D eigenvalue weighted by molar-refractivity contribution is 5.95. The van der Waals surface area contributed by atoms with Crippen LogP contribution in [0.4, 0.5) is 22.7 Å². The number of carbonyl (C=O) groups excluding carboxylic acids is 1. The largest absolute Gasteiger partial charge is 0.356 e. The SMILES string of the molecule is C[C@@H](C(=O)Nc1ccc(Nc2ccccc2)cc1)c1ccc([N+](=O)[O-])cc1. The van der Waals surface area contributed by atoms with Crippen LogP contribution in [-0.4, -0.2) is 10.8 Å². The lowest BCUT2D eigenvalue weighted by atomic mass is 10.00. The molecular weight excluding hydrogens is 342 g/mol. The number of nitro benzene ring substituents is 1. The van der Waals surface area contributed by atoms with Gasteiger partial charge in [0.15, 0.2) is 0 Å². The molecule has 0 aliphatic carbocycles. The van der Waals surface area contributed by atoms with Crippen molar-refractivity contribution in [1.82, 2.24) is 0 Å². The van der Waals surface area contributed by atoms with Gasteiger partial charge in [0.25, 0.3) is 5.69 Å². The van der Waals surface area contributed by atoms with Gasteiger partial charge in [-0.1, -0.05) is 30.3 Å². The molecule has 0 heterocycles. The predicted molar refractivity (Wildman–Crippen MR) is 106 cm³/mol. The number of hydrogen-bond donors (Lipinski definition) is 2. The summed E-state index contributed by atoms with van der Waals surface area (Å²) in [5, 5.41) is 16.9. The fraction of sp³-hybridized carbons (Fsp3) is 0.0952. The van der Waals surface area contributed by atoms with E-state index >= 15 is 0 Å². The molecular formula is C21H19N3O3. The molecule has 2 N–H and O–H groups in total. The summed E-state index contributed by atoms with van der Waals surface area (Å²) >= 11 is 0. The van der Waals surface area contributed by atoms with Crippen molar-refractivity contribution in [3.63, 3.8) is 0 Å². The molecule has 0 radical (unpaired) electrons. The van der Waals surface area contributed by atoms with Gasteiger partial charge in [0.1, 0.15) is 0 Å². The van der Waals surface area contributed by atoms with E-state index in [-0.39, 0.29) is 11.6 Å². The topological polar surface area (TPSA) is 84.3 Å². The van der Waals surface area contributed by atoms with E-state index in [1.54, 1.807) is 19.1 Å². The molecule has 1 atom stereocenters. The third-order valence-electron chi connectivity index (χ3n) is 4.21. The minimum absolute atomic E-state index is 0.00728. The molecule has 3 aromatic carbocycles. The van der Waals surface area contributed by atoms with E-state index in [2.05, 4.69) is 10.6 Å². The number of nitro groups is 1. The van der Waals surface area contributed by atoms with Gasteiger partial charge in [-0.2, -0.15) is 0 Å². The van der Waals surface area contributed by atoms with E-state index < -0.39 is 10.8 Å². The van der Waals surface area contributed by atoms with Crippen molar-refractivity contribution >= 4 is 28.7 Å². The van der Waals surface area contributed by atoms with Gasteiger partial charge >= 0.3 is 0 Å². The molecule has 0 unspecified atom stereocenters. The Morgan fingerprint density at radius 2 is 1.41 bits per heavy atom. The molecule has 6 nitrogen and oxygen atoms in total. The highest BCUT2D eigenvalue weighted by Crippen LogP contribution is 2.22. The molecule has 0 aromatic heterocycles. The Labute approximate surface area is 157 Å². The van der Waals surface area contributed by atoms with Crippen LogP contribution in [-0.2, 0) is 4.79 Å². The predicted octanol–water partition coefficient (Wildman–Crippen LogP) is 5.08. The summed E-state index contributed by atoms with van der Waals surface area (Å²) < 4.78 is 0. The molecule has 27 heavy (non-hydrogen) atoms. The van der Waals surface area contributed by atoms with Crippen molar-refractivity contribution in [1.29, 1.82) is 0 Å². The van der Waals surface area contributed by atoms with Crippen LogP contribution in [0.5, 0.6) is 0 Å². The minimum Gasteiger partial charge on any atom is -0.356 e. The van der Waals surface area contributed by atoms with Gasteiger partial charge in [-0.3, -0.25) is 14.9 Å². The summed E-state index contributed by atoms with van der Waals surface area (Å²) in [5.41, 5.74) is 3.32. The number of benzene rings is 3. The molecule has 136 valence electrons. The maximum atomic E-state index is 12.4. The van der Waals surface area contributed by atoms with Crippen molar-refractivity contribution in [3.8, 4) is 0 Å². The number of para-hydroxylation sites is 1. The van der Waals surface area contributed by atoms with E-state index in [4.69, 9.17) is 0 Å². The van der Waals surface area contributed by atoms with Crippen molar-refractivity contribution in [2.75, 3.05) is 10.6 Å². The Morgan fingerprint density at radius 3 is 2.00 bits per heavy atom. The third-order valence-corrected chi connectivity index (χ3v) is 4.21. The summed E-state index contributed by atoms with van der Waals surface area (Å²) in [4.78, 5) is 22.7. The van der Waals surface area contributed by atoms with Crippen LogP contribution in [0.3, 0.4) is 0 Å². The molecule has 0 bridgehead atoms. The lowest BCUT2D eigenvalue weighted by Gasteiger charge is -2.13. The fourth-order valence-electron chi connectivity index (χ4n) is 2.61. The summed E-state index contributed by atoms with van der Waals surface area (Å²) in [6, 6.07) is 23.3. The van der Waals surface area contributed by atoms with Crippen LogP contribution < -0.4 is 10.6 Å². The Bertz CT molecular complexity index is 923. The highest BCUT2D eigenvalue weighted by atomic mass is 16.6. The number of anilines is 3. The number of carbonyl (C=O) groups is 1. The van der Waals surface area contributed by atoms with Gasteiger partial charge in [0.05, 0.1) is 10.8 Å². The second kappa shape index (κ2) is 8.14. The molecule has 6 heteroatoms. The van der Waals surface area contributed by atoms with E-state index in [0.717, 1.165) is 16.9 Å². The van der Waals surface area contributed by atoms with Gasteiger partial charge in [-0.15, -0.1) is 0 Å². The summed E-state index contributed by atoms with van der Waals surface area (Å²) in [6.45, 7) is 1.77. The average Bonchev–Trinajstić information content (AvgIpc) is 2.69. The number of rotatable bonds is 6. The lowest BCUT2D eigenvalue weighted by Crippen LogP contribution is -2.18. The second-order valence-corrected chi connectivity index (χ2v) is 6.13. The minimum atomic E-state index is -0.459.